The molecule has 1 aliphatic carbocycles. The second-order valence-corrected chi connectivity index (χ2v) is 5.90. The molecule has 1 heterocycles. The van der Waals surface area contributed by atoms with E-state index in [4.69, 9.17) is 9.47 Å². The quantitative estimate of drug-likeness (QED) is 0.882. The number of nitrogens with one attached hydrogen (secondary N) is 1. The maximum atomic E-state index is 12.3. The van der Waals surface area contributed by atoms with Crippen molar-refractivity contribution in [2.45, 2.75) is 32.2 Å². The minimum absolute atomic E-state index is 0.145. The number of hydrogen-bond acceptors (Lipinski definition) is 4. The Balaban J connectivity index is 1.61. The van der Waals surface area contributed by atoms with Gasteiger partial charge >= 0.3 is 0 Å². The SMILES string of the molecule is COc1cc(OC)cc(C(=O)NCCn2ncc3c2CCCC3)c1. The molecule has 1 amide bonds. The lowest BCUT2D eigenvalue weighted by Gasteiger charge is -2.14. The summed E-state index contributed by atoms with van der Waals surface area (Å²) < 4.78 is 12.4. The van der Waals surface area contributed by atoms with E-state index in [1.54, 1.807) is 32.4 Å². The van der Waals surface area contributed by atoms with Gasteiger partial charge in [-0.05, 0) is 43.4 Å². The average Bonchev–Trinajstić information content (AvgIpc) is 3.04. The largest absolute Gasteiger partial charge is 0.497 e. The van der Waals surface area contributed by atoms with Crippen molar-refractivity contribution >= 4 is 5.91 Å². The molecule has 3 rings (SSSR count). The second-order valence-electron chi connectivity index (χ2n) is 5.90. The number of hydrogen-bond donors (Lipinski definition) is 1. The zero-order valence-electron chi connectivity index (χ0n) is 14.2. The van der Waals surface area contributed by atoms with Crippen LogP contribution < -0.4 is 14.8 Å². The number of aryl methyl sites for hydroxylation is 1. The molecule has 6 nitrogen and oxygen atoms in total. The zero-order valence-corrected chi connectivity index (χ0v) is 14.2. The first-order chi connectivity index (χ1) is 11.7. The molecule has 1 N–H and O–H groups in total. The summed E-state index contributed by atoms with van der Waals surface area (Å²) in [7, 11) is 3.13. The number of methoxy groups -OCH3 is 2. The van der Waals surface area contributed by atoms with Crippen molar-refractivity contribution < 1.29 is 14.3 Å². The fraction of sp³-hybridized carbons (Fsp3) is 0.444. The third kappa shape index (κ3) is 3.53. The molecule has 0 aliphatic heterocycles. The fourth-order valence-electron chi connectivity index (χ4n) is 3.06. The molecule has 0 saturated heterocycles. The molecule has 0 radical (unpaired) electrons. The van der Waals surface area contributed by atoms with Crippen LogP contribution >= 0.6 is 0 Å². The van der Waals surface area contributed by atoms with Gasteiger partial charge in [0.15, 0.2) is 0 Å². The number of aromatic nitrogens is 2. The van der Waals surface area contributed by atoms with Crippen LogP contribution in [0.2, 0.25) is 0 Å². The molecular formula is C18H23N3O3. The molecule has 0 spiro atoms. The van der Waals surface area contributed by atoms with Crippen LogP contribution in [0.25, 0.3) is 0 Å². The molecule has 1 aromatic heterocycles. The Morgan fingerprint density at radius 2 is 1.88 bits per heavy atom. The van der Waals surface area contributed by atoms with Crippen LogP contribution in [0.5, 0.6) is 11.5 Å². The van der Waals surface area contributed by atoms with Crippen LogP contribution in [0.3, 0.4) is 0 Å². The average molecular weight is 329 g/mol. The van der Waals surface area contributed by atoms with Gasteiger partial charge in [0.25, 0.3) is 5.91 Å². The van der Waals surface area contributed by atoms with Gasteiger partial charge in [0.05, 0.1) is 27.0 Å². The molecule has 1 aliphatic rings. The van der Waals surface area contributed by atoms with Crippen LogP contribution in [-0.2, 0) is 19.4 Å². The first-order valence-electron chi connectivity index (χ1n) is 8.26. The molecule has 2 aromatic rings. The highest BCUT2D eigenvalue weighted by Gasteiger charge is 2.15. The summed E-state index contributed by atoms with van der Waals surface area (Å²) in [5.74, 6) is 1.05. The lowest BCUT2D eigenvalue weighted by molar-refractivity contribution is 0.0951. The van der Waals surface area contributed by atoms with Gasteiger partial charge in [-0.1, -0.05) is 0 Å². The van der Waals surface area contributed by atoms with E-state index in [2.05, 4.69) is 10.4 Å². The minimum Gasteiger partial charge on any atom is -0.497 e. The van der Waals surface area contributed by atoms with Gasteiger partial charge in [0.2, 0.25) is 0 Å². The van der Waals surface area contributed by atoms with Crippen molar-refractivity contribution in [3.63, 3.8) is 0 Å². The molecule has 0 saturated carbocycles. The van der Waals surface area contributed by atoms with E-state index in [-0.39, 0.29) is 5.91 Å². The Kier molecular flexibility index (Phi) is 5.03. The van der Waals surface area contributed by atoms with Gasteiger partial charge in [-0.15, -0.1) is 0 Å². The topological polar surface area (TPSA) is 65.4 Å². The first-order valence-corrected chi connectivity index (χ1v) is 8.26. The van der Waals surface area contributed by atoms with E-state index in [0.717, 1.165) is 12.8 Å². The summed E-state index contributed by atoms with van der Waals surface area (Å²) >= 11 is 0. The van der Waals surface area contributed by atoms with E-state index in [9.17, 15) is 4.79 Å². The van der Waals surface area contributed by atoms with Gasteiger partial charge < -0.3 is 14.8 Å². The Labute approximate surface area is 141 Å². The summed E-state index contributed by atoms with van der Waals surface area (Å²) in [5, 5.41) is 7.38. The van der Waals surface area contributed by atoms with Crippen LogP contribution in [0.4, 0.5) is 0 Å². The third-order valence-corrected chi connectivity index (χ3v) is 4.37. The van der Waals surface area contributed by atoms with Gasteiger partial charge in [-0.25, -0.2) is 0 Å². The number of carbonyl (C=O) groups is 1. The second kappa shape index (κ2) is 7.38. The predicted octanol–water partition coefficient (Wildman–Crippen LogP) is 2.21. The number of carbonyl (C=O) groups excluding carboxylic acids is 1. The number of ether oxygens (including phenoxy) is 2. The van der Waals surface area contributed by atoms with Crippen molar-refractivity contribution in [2.75, 3.05) is 20.8 Å². The summed E-state index contributed by atoms with van der Waals surface area (Å²) in [6, 6.07) is 5.15. The van der Waals surface area contributed by atoms with Crippen molar-refractivity contribution in [2.24, 2.45) is 0 Å². The first kappa shape index (κ1) is 16.4. The Morgan fingerprint density at radius 1 is 1.17 bits per heavy atom. The molecule has 0 bridgehead atoms. The van der Waals surface area contributed by atoms with Crippen LogP contribution in [0.1, 0.15) is 34.5 Å². The third-order valence-electron chi connectivity index (χ3n) is 4.37. The number of rotatable bonds is 6. The minimum atomic E-state index is -0.145. The van der Waals surface area contributed by atoms with E-state index in [1.165, 1.54) is 24.1 Å². The highest BCUT2D eigenvalue weighted by atomic mass is 16.5. The van der Waals surface area contributed by atoms with E-state index in [0.29, 0.717) is 30.2 Å². The van der Waals surface area contributed by atoms with Gasteiger partial charge in [-0.3, -0.25) is 9.48 Å². The summed E-state index contributed by atoms with van der Waals surface area (Å²) in [6.45, 7) is 1.22. The Bertz CT molecular complexity index is 702. The number of benzene rings is 1. The van der Waals surface area contributed by atoms with E-state index < -0.39 is 0 Å². The maximum Gasteiger partial charge on any atom is 0.251 e. The summed E-state index contributed by atoms with van der Waals surface area (Å²) in [5.41, 5.74) is 3.19. The molecule has 0 fully saturated rings. The molecular weight excluding hydrogens is 306 g/mol. The lowest BCUT2D eigenvalue weighted by atomic mass is 9.98. The van der Waals surface area contributed by atoms with Crippen LogP contribution in [0.15, 0.2) is 24.4 Å². The molecule has 0 atom stereocenters. The molecule has 6 heteroatoms. The van der Waals surface area contributed by atoms with Gasteiger partial charge in [0.1, 0.15) is 11.5 Å². The standard InChI is InChI=1S/C18H23N3O3/c1-23-15-9-14(10-16(11-15)24-2)18(22)19-7-8-21-17-6-4-3-5-13(17)12-20-21/h9-12H,3-8H2,1-2H3,(H,19,22). The predicted molar refractivity (Wildman–Crippen MR) is 90.7 cm³/mol. The molecule has 0 unspecified atom stereocenters. The molecule has 1 aromatic carbocycles. The van der Waals surface area contributed by atoms with Crippen LogP contribution in [-0.4, -0.2) is 36.5 Å². The zero-order chi connectivity index (χ0) is 16.9. The number of nitrogens with zero attached hydrogens (tertiary/aromatic N) is 2. The highest BCUT2D eigenvalue weighted by Crippen LogP contribution is 2.22. The maximum absolute atomic E-state index is 12.3. The van der Waals surface area contributed by atoms with Crippen molar-refractivity contribution in [3.8, 4) is 11.5 Å². The molecule has 24 heavy (non-hydrogen) atoms. The van der Waals surface area contributed by atoms with E-state index >= 15 is 0 Å². The van der Waals surface area contributed by atoms with Crippen molar-refractivity contribution in [3.05, 3.63) is 41.2 Å². The summed E-state index contributed by atoms with van der Waals surface area (Å²) in [6.07, 6.45) is 6.62. The van der Waals surface area contributed by atoms with Gasteiger partial charge in [-0.2, -0.15) is 5.10 Å². The number of fused-ring (bicyclic) bond motifs is 1. The van der Waals surface area contributed by atoms with E-state index in [1.807, 2.05) is 10.9 Å². The summed E-state index contributed by atoms with van der Waals surface area (Å²) in [4.78, 5) is 12.3. The number of amides is 1. The monoisotopic (exact) mass is 329 g/mol. The lowest BCUT2D eigenvalue weighted by Crippen LogP contribution is -2.28. The van der Waals surface area contributed by atoms with Crippen molar-refractivity contribution in [1.82, 2.24) is 15.1 Å². The normalized spacial score (nSPS) is 13.2. The fourth-order valence-corrected chi connectivity index (χ4v) is 3.06. The van der Waals surface area contributed by atoms with Gasteiger partial charge in [0, 0.05) is 23.9 Å². The Hall–Kier alpha value is -2.50. The van der Waals surface area contributed by atoms with Crippen molar-refractivity contribution in [1.29, 1.82) is 0 Å². The molecule has 128 valence electrons. The highest BCUT2D eigenvalue weighted by molar-refractivity contribution is 5.95. The van der Waals surface area contributed by atoms with Crippen LogP contribution in [0, 0.1) is 0 Å². The Morgan fingerprint density at radius 3 is 2.58 bits per heavy atom. The smallest absolute Gasteiger partial charge is 0.251 e.